The molecular formula is C12H25N3O2. The third-order valence-corrected chi connectivity index (χ3v) is 3.63. The van der Waals surface area contributed by atoms with Crippen molar-refractivity contribution in [2.45, 2.75) is 51.0 Å². The molecule has 5 N–H and O–H groups in total. The largest absolute Gasteiger partial charge is 0.409 e. The molecular weight excluding hydrogens is 218 g/mol. The topological polar surface area (TPSA) is 90.9 Å². The van der Waals surface area contributed by atoms with E-state index in [0.29, 0.717) is 12.3 Å². The Morgan fingerprint density at radius 1 is 1.59 bits per heavy atom. The molecule has 0 spiro atoms. The summed E-state index contributed by atoms with van der Waals surface area (Å²) in [5.74, 6) is 0.939. The van der Waals surface area contributed by atoms with Gasteiger partial charge in [0, 0.05) is 12.0 Å². The van der Waals surface area contributed by atoms with Crippen LogP contribution in [0.1, 0.15) is 45.4 Å². The molecule has 17 heavy (non-hydrogen) atoms. The van der Waals surface area contributed by atoms with E-state index in [9.17, 15) is 5.11 Å². The molecule has 1 saturated carbocycles. The fraction of sp³-hybridized carbons (Fsp3) is 0.917. The second kappa shape index (κ2) is 6.81. The summed E-state index contributed by atoms with van der Waals surface area (Å²) in [4.78, 5) is 0. The van der Waals surface area contributed by atoms with Gasteiger partial charge in [-0.15, -0.1) is 0 Å². The van der Waals surface area contributed by atoms with E-state index < -0.39 is 0 Å². The Kier molecular flexibility index (Phi) is 5.71. The summed E-state index contributed by atoms with van der Waals surface area (Å²) < 4.78 is 0. The molecule has 0 saturated heterocycles. The van der Waals surface area contributed by atoms with Crippen LogP contribution in [0.15, 0.2) is 5.16 Å². The van der Waals surface area contributed by atoms with Gasteiger partial charge in [0.05, 0.1) is 6.61 Å². The summed E-state index contributed by atoms with van der Waals surface area (Å²) in [6, 6.07) is 0. The van der Waals surface area contributed by atoms with Gasteiger partial charge in [-0.3, -0.25) is 0 Å². The molecule has 0 amide bonds. The standard InChI is InChI=1S/C12H25N3O2/c1-10-4-2-6-12(8-10,9-16)14-7-3-5-11(13)15-17/h10,14,16-17H,2-9H2,1H3,(H2,13,15). The van der Waals surface area contributed by atoms with Gasteiger partial charge in [0.25, 0.3) is 0 Å². The van der Waals surface area contributed by atoms with Crippen LogP contribution in [0.5, 0.6) is 0 Å². The summed E-state index contributed by atoms with van der Waals surface area (Å²) in [5, 5.41) is 24.4. The van der Waals surface area contributed by atoms with E-state index in [4.69, 9.17) is 10.9 Å². The Hall–Kier alpha value is -0.810. The molecule has 2 unspecified atom stereocenters. The summed E-state index contributed by atoms with van der Waals surface area (Å²) in [5.41, 5.74) is 5.29. The molecule has 5 heteroatoms. The minimum Gasteiger partial charge on any atom is -0.409 e. The van der Waals surface area contributed by atoms with Crippen LogP contribution < -0.4 is 11.1 Å². The maximum absolute atomic E-state index is 9.56. The van der Waals surface area contributed by atoms with E-state index >= 15 is 0 Å². The molecule has 0 bridgehead atoms. The number of rotatable bonds is 6. The fourth-order valence-corrected chi connectivity index (χ4v) is 2.69. The number of aliphatic hydroxyl groups excluding tert-OH is 1. The maximum atomic E-state index is 9.56. The zero-order valence-corrected chi connectivity index (χ0v) is 10.7. The molecule has 100 valence electrons. The molecule has 1 aliphatic carbocycles. The van der Waals surface area contributed by atoms with Crippen LogP contribution in [0, 0.1) is 5.92 Å². The highest BCUT2D eigenvalue weighted by Gasteiger charge is 2.33. The summed E-state index contributed by atoms with van der Waals surface area (Å²) in [6.45, 7) is 3.23. The first kappa shape index (κ1) is 14.3. The van der Waals surface area contributed by atoms with Crippen molar-refractivity contribution in [1.82, 2.24) is 5.32 Å². The molecule has 2 atom stereocenters. The number of nitrogens with one attached hydrogen (secondary N) is 1. The first-order chi connectivity index (χ1) is 8.12. The molecule has 5 nitrogen and oxygen atoms in total. The summed E-state index contributed by atoms with van der Waals surface area (Å²) in [7, 11) is 0. The monoisotopic (exact) mass is 243 g/mol. The predicted octanol–water partition coefficient (Wildman–Crippen LogP) is 1.04. The fourth-order valence-electron chi connectivity index (χ4n) is 2.69. The smallest absolute Gasteiger partial charge is 0.139 e. The van der Waals surface area contributed by atoms with Gasteiger partial charge in [0.15, 0.2) is 0 Å². The number of amidine groups is 1. The average molecular weight is 243 g/mol. The molecule has 1 rings (SSSR count). The quantitative estimate of drug-likeness (QED) is 0.184. The molecule has 1 fully saturated rings. The Morgan fingerprint density at radius 2 is 2.35 bits per heavy atom. The van der Waals surface area contributed by atoms with Crippen LogP contribution in [0.25, 0.3) is 0 Å². The van der Waals surface area contributed by atoms with Gasteiger partial charge >= 0.3 is 0 Å². The maximum Gasteiger partial charge on any atom is 0.139 e. The zero-order chi connectivity index (χ0) is 12.7. The second-order valence-electron chi connectivity index (χ2n) is 5.26. The number of aliphatic hydroxyl groups is 1. The highest BCUT2D eigenvalue weighted by atomic mass is 16.4. The molecule has 0 aromatic rings. The van der Waals surface area contributed by atoms with Gasteiger partial charge in [-0.2, -0.15) is 0 Å². The van der Waals surface area contributed by atoms with Crippen molar-refractivity contribution in [2.24, 2.45) is 16.8 Å². The van der Waals surface area contributed by atoms with E-state index in [-0.39, 0.29) is 18.0 Å². The van der Waals surface area contributed by atoms with Crippen molar-refractivity contribution in [2.75, 3.05) is 13.2 Å². The first-order valence-corrected chi connectivity index (χ1v) is 6.44. The number of nitrogens with zero attached hydrogens (tertiary/aromatic N) is 1. The Balaban J connectivity index is 2.31. The van der Waals surface area contributed by atoms with Crippen LogP contribution in [0.3, 0.4) is 0 Å². The normalized spacial score (nSPS) is 30.5. The van der Waals surface area contributed by atoms with Crippen molar-refractivity contribution in [3.63, 3.8) is 0 Å². The highest BCUT2D eigenvalue weighted by molar-refractivity contribution is 5.79. The Morgan fingerprint density at radius 3 is 2.94 bits per heavy atom. The van der Waals surface area contributed by atoms with Crippen molar-refractivity contribution in [1.29, 1.82) is 0 Å². The van der Waals surface area contributed by atoms with Crippen molar-refractivity contribution in [3.05, 3.63) is 0 Å². The molecule has 0 aromatic heterocycles. The van der Waals surface area contributed by atoms with Gasteiger partial charge in [0.1, 0.15) is 5.84 Å². The van der Waals surface area contributed by atoms with E-state index in [1.165, 1.54) is 12.8 Å². The van der Waals surface area contributed by atoms with Gasteiger partial charge in [0.2, 0.25) is 0 Å². The minimum atomic E-state index is -0.108. The van der Waals surface area contributed by atoms with Gasteiger partial charge < -0.3 is 21.4 Å². The van der Waals surface area contributed by atoms with Crippen LogP contribution in [0.2, 0.25) is 0 Å². The van der Waals surface area contributed by atoms with Crippen LogP contribution in [-0.2, 0) is 0 Å². The summed E-state index contributed by atoms with van der Waals surface area (Å²) >= 11 is 0. The van der Waals surface area contributed by atoms with E-state index in [2.05, 4.69) is 17.4 Å². The second-order valence-corrected chi connectivity index (χ2v) is 5.26. The summed E-state index contributed by atoms with van der Waals surface area (Å²) in [6.07, 6.45) is 5.92. The highest BCUT2D eigenvalue weighted by Crippen LogP contribution is 2.31. The van der Waals surface area contributed by atoms with E-state index in [1.54, 1.807) is 0 Å². The average Bonchev–Trinajstić information content (AvgIpc) is 2.34. The van der Waals surface area contributed by atoms with Crippen LogP contribution in [0.4, 0.5) is 0 Å². The zero-order valence-electron chi connectivity index (χ0n) is 10.7. The van der Waals surface area contributed by atoms with E-state index in [1.807, 2.05) is 0 Å². The lowest BCUT2D eigenvalue weighted by Gasteiger charge is -2.39. The minimum absolute atomic E-state index is 0.108. The first-order valence-electron chi connectivity index (χ1n) is 6.44. The Bertz CT molecular complexity index is 258. The molecule has 0 heterocycles. The van der Waals surface area contributed by atoms with Crippen LogP contribution in [-0.4, -0.2) is 34.8 Å². The molecule has 1 aliphatic rings. The number of oxime groups is 1. The molecule has 0 radical (unpaired) electrons. The van der Waals surface area contributed by atoms with Crippen molar-refractivity contribution < 1.29 is 10.3 Å². The number of hydrogen-bond acceptors (Lipinski definition) is 4. The lowest BCUT2D eigenvalue weighted by molar-refractivity contribution is 0.0999. The van der Waals surface area contributed by atoms with Gasteiger partial charge in [-0.1, -0.05) is 24.9 Å². The van der Waals surface area contributed by atoms with E-state index in [0.717, 1.165) is 25.8 Å². The molecule has 0 aliphatic heterocycles. The number of hydrogen-bond donors (Lipinski definition) is 4. The van der Waals surface area contributed by atoms with Crippen LogP contribution >= 0.6 is 0 Å². The SMILES string of the molecule is CC1CCCC(CO)(NCCCC(N)=NO)C1. The van der Waals surface area contributed by atoms with Crippen molar-refractivity contribution >= 4 is 5.84 Å². The van der Waals surface area contributed by atoms with Gasteiger partial charge in [-0.05, 0) is 31.7 Å². The van der Waals surface area contributed by atoms with Crippen molar-refractivity contribution in [3.8, 4) is 0 Å². The number of nitrogens with two attached hydrogens (primary N) is 1. The lowest BCUT2D eigenvalue weighted by Crippen LogP contribution is -2.51. The Labute approximate surface area is 103 Å². The predicted molar refractivity (Wildman–Crippen MR) is 68.1 cm³/mol. The third kappa shape index (κ3) is 4.52. The molecule has 0 aromatic carbocycles. The van der Waals surface area contributed by atoms with Gasteiger partial charge in [-0.25, -0.2) is 0 Å². The third-order valence-electron chi connectivity index (χ3n) is 3.63. The lowest BCUT2D eigenvalue weighted by atomic mass is 9.77.